The molecule has 1 atom stereocenters. The summed E-state index contributed by atoms with van der Waals surface area (Å²) in [6, 6.07) is 0.218. The monoisotopic (exact) mass is 378 g/mol. The number of fused-ring (bicyclic) bond motifs is 1. The van der Waals surface area contributed by atoms with Gasteiger partial charge in [-0.3, -0.25) is 4.90 Å². The number of nitrogens with one attached hydrogen (secondary N) is 1. The summed E-state index contributed by atoms with van der Waals surface area (Å²) in [6.45, 7) is 2.34. The number of halogens is 3. The van der Waals surface area contributed by atoms with Crippen LogP contribution in [-0.4, -0.2) is 39.0 Å². The van der Waals surface area contributed by atoms with Crippen LogP contribution in [0, 0.1) is 0 Å². The molecule has 0 radical (unpaired) electrons. The Balaban J connectivity index is 1.73. The molecule has 9 heteroatoms. The second kappa shape index (κ2) is 6.74. The van der Waals surface area contributed by atoms with E-state index in [1.54, 1.807) is 6.20 Å². The molecule has 4 rings (SSSR count). The van der Waals surface area contributed by atoms with Crippen LogP contribution in [-0.2, 0) is 12.1 Å². The average molecular weight is 378 g/mol. The van der Waals surface area contributed by atoms with E-state index in [0.717, 1.165) is 37.6 Å². The van der Waals surface area contributed by atoms with Crippen LogP contribution in [0.25, 0.3) is 11.0 Å². The van der Waals surface area contributed by atoms with Gasteiger partial charge in [0.1, 0.15) is 17.8 Å². The van der Waals surface area contributed by atoms with Gasteiger partial charge in [-0.25, -0.2) is 23.1 Å². The number of allylic oxidation sites excluding steroid dienone is 2. The molecule has 3 heterocycles. The van der Waals surface area contributed by atoms with Gasteiger partial charge in [0.25, 0.3) is 0 Å². The number of aromatic nitrogens is 3. The number of nitrogens with zero attached hydrogens (tertiary/aromatic N) is 3. The van der Waals surface area contributed by atoms with Gasteiger partial charge in [0, 0.05) is 30.6 Å². The van der Waals surface area contributed by atoms with Crippen molar-refractivity contribution in [3.05, 3.63) is 47.3 Å². The molecule has 2 aliphatic rings. The van der Waals surface area contributed by atoms with Crippen LogP contribution in [0.4, 0.5) is 13.2 Å². The van der Waals surface area contributed by atoms with Crippen molar-refractivity contribution < 1.29 is 13.2 Å². The molecule has 144 valence electrons. The Labute approximate surface area is 154 Å². The van der Waals surface area contributed by atoms with Crippen LogP contribution >= 0.6 is 0 Å². The number of hydrogen-bond donors (Lipinski definition) is 3. The maximum absolute atomic E-state index is 13.9. The van der Waals surface area contributed by atoms with Gasteiger partial charge in [0.15, 0.2) is 11.7 Å². The maximum Gasteiger partial charge on any atom is 0.189 e. The molecule has 2 aromatic rings. The topological polar surface area (TPSA) is 96.8 Å². The van der Waals surface area contributed by atoms with Gasteiger partial charge >= 0.3 is 0 Å². The summed E-state index contributed by atoms with van der Waals surface area (Å²) in [5.74, 6) is -4.03. The number of likely N-dealkylation sites (tertiary alicyclic amines) is 1. The first kappa shape index (κ1) is 18.1. The van der Waals surface area contributed by atoms with Crippen LogP contribution < -0.4 is 11.5 Å². The third-order valence-electron chi connectivity index (χ3n) is 5.30. The number of hydrogen-bond acceptors (Lipinski definition) is 5. The van der Waals surface area contributed by atoms with Gasteiger partial charge in [0.2, 0.25) is 0 Å². The van der Waals surface area contributed by atoms with Crippen molar-refractivity contribution >= 4 is 11.0 Å². The second-order valence-electron chi connectivity index (χ2n) is 7.30. The number of nitrogens with two attached hydrogens (primary N) is 2. The van der Waals surface area contributed by atoms with Crippen LogP contribution in [0.3, 0.4) is 0 Å². The predicted molar refractivity (Wildman–Crippen MR) is 95.3 cm³/mol. The van der Waals surface area contributed by atoms with Crippen molar-refractivity contribution in [2.45, 2.75) is 37.4 Å². The average Bonchev–Trinajstić information content (AvgIpc) is 3.04. The molecule has 0 bridgehead atoms. The Hall–Kier alpha value is -2.23. The van der Waals surface area contributed by atoms with E-state index in [4.69, 9.17) is 11.5 Å². The van der Waals surface area contributed by atoms with Crippen molar-refractivity contribution in [2.75, 3.05) is 13.1 Å². The van der Waals surface area contributed by atoms with Crippen molar-refractivity contribution in [3.8, 4) is 0 Å². The van der Waals surface area contributed by atoms with Crippen molar-refractivity contribution in [1.29, 1.82) is 0 Å². The third-order valence-corrected chi connectivity index (χ3v) is 5.30. The molecule has 1 aliphatic carbocycles. The Morgan fingerprint density at radius 3 is 2.67 bits per heavy atom. The summed E-state index contributed by atoms with van der Waals surface area (Å²) in [6.07, 6.45) is 5.30. The molecule has 0 aromatic carbocycles. The number of aromatic amines is 1. The summed E-state index contributed by atoms with van der Waals surface area (Å²) in [5.41, 5.74) is 12.3. The fourth-order valence-corrected chi connectivity index (χ4v) is 3.81. The largest absolute Gasteiger partial charge is 0.346 e. The number of H-pyrrole nitrogens is 1. The summed E-state index contributed by atoms with van der Waals surface area (Å²) in [5, 5.41) is 0.619. The summed E-state index contributed by atoms with van der Waals surface area (Å²) in [4.78, 5) is 13.7. The van der Waals surface area contributed by atoms with Crippen molar-refractivity contribution in [2.24, 2.45) is 11.5 Å². The normalized spacial score (nSPS) is 25.3. The van der Waals surface area contributed by atoms with Crippen LogP contribution in [0.2, 0.25) is 0 Å². The van der Waals surface area contributed by atoms with E-state index in [0.29, 0.717) is 17.6 Å². The lowest BCUT2D eigenvalue weighted by Crippen LogP contribution is -2.39. The molecule has 1 aliphatic heterocycles. The molecule has 5 N–H and O–H groups in total. The standard InChI is InChI=1S/C18H21F3N6/c19-12-5-18(23,6-13(20)15(12)21)16-14-10(7-24-17(14)26-9-25-16)8-27-3-1-11(22)2-4-27/h5,7,9,11H,1-4,6,8,22-23H2,(H,24,25,26). The number of rotatable bonds is 3. The quantitative estimate of drug-likeness (QED) is 0.762. The smallest absolute Gasteiger partial charge is 0.189 e. The lowest BCUT2D eigenvalue weighted by molar-refractivity contribution is 0.206. The Morgan fingerprint density at radius 1 is 1.22 bits per heavy atom. The fourth-order valence-electron chi connectivity index (χ4n) is 3.81. The van der Waals surface area contributed by atoms with Gasteiger partial charge in [-0.2, -0.15) is 0 Å². The molecule has 2 aromatic heterocycles. The van der Waals surface area contributed by atoms with E-state index in [2.05, 4.69) is 19.9 Å². The minimum absolute atomic E-state index is 0.218. The summed E-state index contributed by atoms with van der Waals surface area (Å²) >= 11 is 0. The predicted octanol–water partition coefficient (Wildman–Crippen LogP) is 2.44. The highest BCUT2D eigenvalue weighted by atomic mass is 19.2. The van der Waals surface area contributed by atoms with Gasteiger partial charge in [-0.15, -0.1) is 0 Å². The molecule has 0 saturated carbocycles. The van der Waals surface area contributed by atoms with E-state index >= 15 is 0 Å². The maximum atomic E-state index is 13.9. The molecule has 1 unspecified atom stereocenters. The first-order valence-corrected chi connectivity index (χ1v) is 8.88. The number of piperidine rings is 1. The zero-order valence-corrected chi connectivity index (χ0v) is 14.7. The van der Waals surface area contributed by atoms with Crippen LogP contribution in [0.15, 0.2) is 36.1 Å². The molecule has 1 saturated heterocycles. The Kier molecular flexibility index (Phi) is 4.53. The molecular formula is C18H21F3N6. The summed E-state index contributed by atoms with van der Waals surface area (Å²) in [7, 11) is 0. The Bertz CT molecular complexity index is 928. The minimum atomic E-state index is -1.59. The van der Waals surface area contributed by atoms with Crippen LogP contribution in [0.1, 0.15) is 30.5 Å². The zero-order chi connectivity index (χ0) is 19.2. The SMILES string of the molecule is NC1CCN(Cc2c[nH]c3ncnc(C4(N)C=C(F)C(F)=C(F)C4)c23)CC1. The van der Waals surface area contributed by atoms with E-state index < -0.39 is 29.4 Å². The van der Waals surface area contributed by atoms with Crippen molar-refractivity contribution in [1.82, 2.24) is 19.9 Å². The minimum Gasteiger partial charge on any atom is -0.346 e. The first-order valence-electron chi connectivity index (χ1n) is 8.88. The second-order valence-corrected chi connectivity index (χ2v) is 7.30. The molecular weight excluding hydrogens is 357 g/mol. The molecule has 0 amide bonds. The molecule has 6 nitrogen and oxygen atoms in total. The lowest BCUT2D eigenvalue weighted by atomic mass is 9.85. The highest BCUT2D eigenvalue weighted by Crippen LogP contribution is 2.40. The third kappa shape index (κ3) is 3.26. The summed E-state index contributed by atoms with van der Waals surface area (Å²) < 4.78 is 41.3. The van der Waals surface area contributed by atoms with Crippen molar-refractivity contribution in [3.63, 3.8) is 0 Å². The highest BCUT2D eigenvalue weighted by Gasteiger charge is 2.38. The van der Waals surface area contributed by atoms with E-state index in [9.17, 15) is 13.2 Å². The van der Waals surface area contributed by atoms with Gasteiger partial charge in [-0.05, 0) is 37.6 Å². The van der Waals surface area contributed by atoms with E-state index in [1.807, 2.05) is 0 Å². The van der Waals surface area contributed by atoms with Gasteiger partial charge in [-0.1, -0.05) is 0 Å². The fraction of sp³-hybridized carbons (Fsp3) is 0.444. The zero-order valence-electron chi connectivity index (χ0n) is 14.7. The molecule has 27 heavy (non-hydrogen) atoms. The Morgan fingerprint density at radius 2 is 1.96 bits per heavy atom. The highest BCUT2D eigenvalue weighted by molar-refractivity contribution is 5.83. The van der Waals surface area contributed by atoms with E-state index in [-0.39, 0.29) is 11.7 Å². The van der Waals surface area contributed by atoms with Crippen LogP contribution in [0.5, 0.6) is 0 Å². The van der Waals surface area contributed by atoms with Gasteiger partial charge < -0.3 is 16.5 Å². The molecule has 1 fully saturated rings. The molecule has 0 spiro atoms. The van der Waals surface area contributed by atoms with E-state index in [1.165, 1.54) is 6.33 Å². The first-order chi connectivity index (χ1) is 12.9. The van der Waals surface area contributed by atoms with Gasteiger partial charge in [0.05, 0.1) is 11.2 Å². The lowest BCUT2D eigenvalue weighted by Gasteiger charge is -2.31.